The van der Waals surface area contributed by atoms with Gasteiger partial charge in [-0.2, -0.15) is 13.2 Å². The van der Waals surface area contributed by atoms with Crippen LogP contribution in [0.2, 0.25) is 0 Å². The zero-order chi connectivity index (χ0) is 12.6. The van der Waals surface area contributed by atoms with Gasteiger partial charge in [0.1, 0.15) is 0 Å². The molecule has 1 unspecified atom stereocenters. The summed E-state index contributed by atoms with van der Waals surface area (Å²) in [6.45, 7) is 3.63. The molecule has 0 aromatic rings. The van der Waals surface area contributed by atoms with Crippen LogP contribution in [-0.2, 0) is 9.53 Å². The zero-order valence-corrected chi connectivity index (χ0v) is 9.56. The van der Waals surface area contributed by atoms with Gasteiger partial charge in [-0.1, -0.05) is 26.2 Å². The third-order valence-corrected chi connectivity index (χ3v) is 2.12. The number of ether oxygens (including phenoxy) is 1. The molecule has 2 nitrogen and oxygen atoms in total. The number of carbonyl (C=O) groups is 1. The van der Waals surface area contributed by atoms with Gasteiger partial charge in [0.2, 0.25) is 0 Å². The summed E-state index contributed by atoms with van der Waals surface area (Å²) in [4.78, 5) is 10.7. The first-order valence-electron chi connectivity index (χ1n) is 5.40. The van der Waals surface area contributed by atoms with Gasteiger partial charge in [0.15, 0.2) is 0 Å². The minimum atomic E-state index is -2.64. The number of hydrogen-bond acceptors (Lipinski definition) is 2. The lowest BCUT2D eigenvalue weighted by Crippen LogP contribution is -2.15. The lowest BCUT2D eigenvalue weighted by atomic mass is 10.1. The zero-order valence-electron chi connectivity index (χ0n) is 9.56. The van der Waals surface area contributed by atoms with Crippen molar-refractivity contribution in [3.8, 4) is 0 Å². The predicted molar refractivity (Wildman–Crippen MR) is 54.7 cm³/mol. The summed E-state index contributed by atoms with van der Waals surface area (Å²) in [5.74, 6) is -3.68. The van der Waals surface area contributed by atoms with E-state index >= 15 is 0 Å². The lowest BCUT2D eigenvalue weighted by molar-refractivity contribution is -0.146. The van der Waals surface area contributed by atoms with Crippen LogP contribution in [0.3, 0.4) is 0 Å². The van der Waals surface area contributed by atoms with Crippen LogP contribution in [0.1, 0.15) is 46.0 Å². The van der Waals surface area contributed by atoms with Gasteiger partial charge in [-0.05, 0) is 19.8 Å². The van der Waals surface area contributed by atoms with Gasteiger partial charge in [-0.15, -0.1) is 0 Å². The average molecular weight is 238 g/mol. The van der Waals surface area contributed by atoms with E-state index in [1.165, 1.54) is 0 Å². The van der Waals surface area contributed by atoms with Crippen LogP contribution < -0.4 is 0 Å². The van der Waals surface area contributed by atoms with E-state index in [1.807, 2.05) is 0 Å². The second-order valence-electron chi connectivity index (χ2n) is 3.64. The van der Waals surface area contributed by atoms with Crippen LogP contribution in [0.15, 0.2) is 11.9 Å². The normalized spacial score (nSPS) is 12.1. The van der Waals surface area contributed by atoms with E-state index in [1.54, 1.807) is 6.92 Å². The Morgan fingerprint density at radius 3 is 2.31 bits per heavy atom. The number of rotatable bonds is 7. The van der Waals surface area contributed by atoms with Crippen molar-refractivity contribution in [1.29, 1.82) is 0 Å². The number of hydrogen-bond donors (Lipinski definition) is 0. The van der Waals surface area contributed by atoms with Gasteiger partial charge in [-0.3, -0.25) is 0 Å². The minimum Gasteiger partial charge on any atom is -0.457 e. The molecule has 0 bridgehead atoms. The maximum Gasteiger partial charge on any atom is 0.373 e. The highest BCUT2D eigenvalue weighted by molar-refractivity contribution is 5.86. The second-order valence-corrected chi connectivity index (χ2v) is 3.64. The molecule has 0 rings (SSSR count). The van der Waals surface area contributed by atoms with Crippen LogP contribution in [0.25, 0.3) is 0 Å². The maximum absolute atomic E-state index is 12.4. The number of unbranched alkanes of at least 4 members (excludes halogenated alkanes) is 3. The Morgan fingerprint density at radius 2 is 1.81 bits per heavy atom. The molecule has 0 aromatic heterocycles. The third-order valence-electron chi connectivity index (χ3n) is 2.12. The molecule has 0 aliphatic rings. The summed E-state index contributed by atoms with van der Waals surface area (Å²) in [7, 11) is 0. The van der Waals surface area contributed by atoms with E-state index in [2.05, 4.69) is 11.7 Å². The Hall–Kier alpha value is -1.00. The van der Waals surface area contributed by atoms with Gasteiger partial charge in [0, 0.05) is 0 Å². The molecule has 0 spiro atoms. The van der Waals surface area contributed by atoms with Crippen LogP contribution in [-0.4, -0.2) is 12.1 Å². The van der Waals surface area contributed by atoms with Crippen LogP contribution in [0.5, 0.6) is 0 Å². The molecule has 0 N–H and O–H groups in total. The van der Waals surface area contributed by atoms with E-state index < -0.39 is 24.0 Å². The molecule has 0 fully saturated rings. The molecule has 0 saturated carbocycles. The standard InChI is InChI=1S/C11H17F3O2/c1-3-4-5-6-7-8(2)16-11(15)9(12)10(13)14/h8H,3-7H2,1-2H3. The van der Waals surface area contributed by atoms with Crippen molar-refractivity contribution in [1.82, 2.24) is 0 Å². The van der Waals surface area contributed by atoms with E-state index in [-0.39, 0.29) is 0 Å². The number of carbonyl (C=O) groups excluding carboxylic acids is 1. The highest BCUT2D eigenvalue weighted by Crippen LogP contribution is 2.14. The minimum absolute atomic E-state index is 0.533. The van der Waals surface area contributed by atoms with Crippen molar-refractivity contribution in [2.45, 2.75) is 52.1 Å². The number of halogens is 3. The molecule has 0 aromatic carbocycles. The molecule has 16 heavy (non-hydrogen) atoms. The van der Waals surface area contributed by atoms with Crippen molar-refractivity contribution < 1.29 is 22.7 Å². The fraction of sp³-hybridized carbons (Fsp3) is 0.727. The molecular formula is C11H17F3O2. The van der Waals surface area contributed by atoms with Crippen molar-refractivity contribution in [3.05, 3.63) is 11.9 Å². The molecule has 1 atom stereocenters. The first kappa shape index (κ1) is 15.0. The highest BCUT2D eigenvalue weighted by Gasteiger charge is 2.19. The SMILES string of the molecule is CCCCCCC(C)OC(=O)C(F)=C(F)F. The summed E-state index contributed by atoms with van der Waals surface area (Å²) < 4.78 is 40.2. The Labute approximate surface area is 93.5 Å². The lowest BCUT2D eigenvalue weighted by Gasteiger charge is -2.11. The first-order chi connectivity index (χ1) is 7.49. The van der Waals surface area contributed by atoms with Gasteiger partial charge in [-0.25, -0.2) is 4.79 Å². The van der Waals surface area contributed by atoms with Crippen molar-refractivity contribution in [2.24, 2.45) is 0 Å². The molecule has 0 aliphatic carbocycles. The van der Waals surface area contributed by atoms with Crippen LogP contribution in [0.4, 0.5) is 13.2 Å². The molecule has 0 aliphatic heterocycles. The first-order valence-corrected chi connectivity index (χ1v) is 5.40. The predicted octanol–water partition coefficient (Wildman–Crippen LogP) is 3.97. The fourth-order valence-corrected chi connectivity index (χ4v) is 1.23. The van der Waals surface area contributed by atoms with Gasteiger partial charge in [0.25, 0.3) is 5.83 Å². The molecule has 0 saturated heterocycles. The Bertz CT molecular complexity index is 248. The van der Waals surface area contributed by atoms with E-state index in [9.17, 15) is 18.0 Å². The Kier molecular flexibility index (Phi) is 7.68. The second kappa shape index (κ2) is 8.19. The van der Waals surface area contributed by atoms with E-state index in [0.29, 0.717) is 6.42 Å². The third kappa shape index (κ3) is 6.48. The Morgan fingerprint density at radius 1 is 1.19 bits per heavy atom. The average Bonchev–Trinajstić information content (AvgIpc) is 2.23. The molecule has 0 heterocycles. The Balaban J connectivity index is 3.83. The maximum atomic E-state index is 12.4. The molecular weight excluding hydrogens is 221 g/mol. The van der Waals surface area contributed by atoms with E-state index in [0.717, 1.165) is 25.7 Å². The summed E-state index contributed by atoms with van der Waals surface area (Å²) in [5.41, 5.74) is 0. The molecule has 0 amide bonds. The van der Waals surface area contributed by atoms with Crippen LogP contribution >= 0.6 is 0 Å². The largest absolute Gasteiger partial charge is 0.457 e. The van der Waals surface area contributed by atoms with Crippen molar-refractivity contribution in [3.63, 3.8) is 0 Å². The quantitative estimate of drug-likeness (QED) is 0.381. The van der Waals surface area contributed by atoms with Crippen molar-refractivity contribution >= 4 is 5.97 Å². The van der Waals surface area contributed by atoms with Crippen LogP contribution in [0, 0.1) is 0 Å². The molecule has 5 heteroatoms. The topological polar surface area (TPSA) is 26.3 Å². The van der Waals surface area contributed by atoms with Gasteiger partial charge < -0.3 is 4.74 Å². The highest BCUT2D eigenvalue weighted by atomic mass is 19.3. The summed E-state index contributed by atoms with van der Waals surface area (Å²) in [6, 6.07) is 0. The summed E-state index contributed by atoms with van der Waals surface area (Å²) in [5, 5.41) is 0. The molecule has 0 radical (unpaired) electrons. The summed E-state index contributed by atoms with van der Waals surface area (Å²) >= 11 is 0. The monoisotopic (exact) mass is 238 g/mol. The van der Waals surface area contributed by atoms with Crippen molar-refractivity contribution in [2.75, 3.05) is 0 Å². The van der Waals surface area contributed by atoms with Gasteiger partial charge >= 0.3 is 12.0 Å². The number of esters is 1. The fourth-order valence-electron chi connectivity index (χ4n) is 1.23. The molecule has 94 valence electrons. The van der Waals surface area contributed by atoms with Gasteiger partial charge in [0.05, 0.1) is 6.10 Å². The summed E-state index contributed by atoms with van der Waals surface area (Å²) in [6.07, 6.45) is 1.39. The smallest absolute Gasteiger partial charge is 0.373 e. The van der Waals surface area contributed by atoms with E-state index in [4.69, 9.17) is 0 Å².